The van der Waals surface area contributed by atoms with Crippen LogP contribution in [0.25, 0.3) is 0 Å². The summed E-state index contributed by atoms with van der Waals surface area (Å²) >= 11 is 0. The minimum atomic E-state index is -0.292. The number of carbonyl (C=O) groups excluding carboxylic acids is 2. The Morgan fingerprint density at radius 1 is 0.882 bits per heavy atom. The highest BCUT2D eigenvalue weighted by atomic mass is 19.1. The first kappa shape index (κ1) is 23.3. The lowest BCUT2D eigenvalue weighted by Crippen LogP contribution is -2.30. The SMILES string of the molecule is O=C(COc1ccc(CCNC(=O)c2cccc(OCc3ccc(F)cc3)c2)cc1)NC1CC1. The third kappa shape index (κ3) is 7.33. The fourth-order valence-corrected chi connectivity index (χ4v) is 3.30. The molecule has 1 aliphatic carbocycles. The molecule has 1 aliphatic rings. The van der Waals surface area contributed by atoms with Gasteiger partial charge in [-0.25, -0.2) is 4.39 Å². The van der Waals surface area contributed by atoms with Gasteiger partial charge < -0.3 is 20.1 Å². The Hall–Kier alpha value is -3.87. The summed E-state index contributed by atoms with van der Waals surface area (Å²) in [6.45, 7) is 0.776. The van der Waals surface area contributed by atoms with Crippen molar-refractivity contribution < 1.29 is 23.5 Å². The number of nitrogens with one attached hydrogen (secondary N) is 2. The van der Waals surface area contributed by atoms with Crippen LogP contribution in [-0.2, 0) is 17.8 Å². The van der Waals surface area contributed by atoms with Crippen molar-refractivity contribution in [3.63, 3.8) is 0 Å². The van der Waals surface area contributed by atoms with Crippen LogP contribution in [0.5, 0.6) is 11.5 Å². The van der Waals surface area contributed by atoms with E-state index in [1.54, 1.807) is 36.4 Å². The van der Waals surface area contributed by atoms with Crippen molar-refractivity contribution in [3.05, 3.63) is 95.3 Å². The van der Waals surface area contributed by atoms with E-state index >= 15 is 0 Å². The molecule has 1 saturated carbocycles. The van der Waals surface area contributed by atoms with E-state index in [2.05, 4.69) is 10.6 Å². The molecule has 0 aliphatic heterocycles. The first-order chi connectivity index (χ1) is 16.5. The van der Waals surface area contributed by atoms with Crippen LogP contribution in [-0.4, -0.2) is 31.0 Å². The Morgan fingerprint density at radius 2 is 1.62 bits per heavy atom. The second kappa shape index (κ2) is 11.3. The van der Waals surface area contributed by atoms with E-state index in [0.29, 0.717) is 36.1 Å². The van der Waals surface area contributed by atoms with Crippen molar-refractivity contribution in [2.45, 2.75) is 31.9 Å². The molecule has 0 atom stereocenters. The van der Waals surface area contributed by atoms with Crippen LogP contribution < -0.4 is 20.1 Å². The summed E-state index contributed by atoms with van der Waals surface area (Å²) in [4.78, 5) is 24.2. The molecule has 7 heteroatoms. The van der Waals surface area contributed by atoms with E-state index in [1.807, 2.05) is 24.3 Å². The molecule has 0 heterocycles. The maximum atomic E-state index is 13.0. The molecule has 0 spiro atoms. The molecule has 1 fully saturated rings. The first-order valence-electron chi connectivity index (χ1n) is 11.3. The van der Waals surface area contributed by atoms with Gasteiger partial charge in [0, 0.05) is 18.2 Å². The lowest BCUT2D eigenvalue weighted by molar-refractivity contribution is -0.123. The largest absolute Gasteiger partial charge is 0.489 e. The molecule has 0 saturated heterocycles. The highest BCUT2D eigenvalue weighted by molar-refractivity contribution is 5.94. The van der Waals surface area contributed by atoms with Crippen molar-refractivity contribution in [1.82, 2.24) is 10.6 Å². The molecule has 6 nitrogen and oxygen atoms in total. The fourth-order valence-electron chi connectivity index (χ4n) is 3.30. The molecule has 2 N–H and O–H groups in total. The van der Waals surface area contributed by atoms with Crippen molar-refractivity contribution in [1.29, 1.82) is 0 Å². The normalized spacial score (nSPS) is 12.6. The monoisotopic (exact) mass is 462 g/mol. The molecule has 2 amide bonds. The van der Waals surface area contributed by atoms with E-state index in [-0.39, 0.29) is 30.8 Å². The summed E-state index contributed by atoms with van der Waals surface area (Å²) in [5.74, 6) is 0.627. The van der Waals surface area contributed by atoms with E-state index in [0.717, 1.165) is 24.0 Å². The van der Waals surface area contributed by atoms with Gasteiger partial charge in [0.1, 0.15) is 23.9 Å². The Bertz CT molecular complexity index is 1110. The molecule has 0 aromatic heterocycles. The number of benzene rings is 3. The summed E-state index contributed by atoms with van der Waals surface area (Å²) in [5, 5.41) is 5.80. The number of halogens is 1. The maximum absolute atomic E-state index is 13.0. The van der Waals surface area contributed by atoms with Crippen LogP contribution in [0.15, 0.2) is 72.8 Å². The van der Waals surface area contributed by atoms with Crippen LogP contribution in [0.1, 0.15) is 34.3 Å². The van der Waals surface area contributed by atoms with Crippen LogP contribution in [0.4, 0.5) is 4.39 Å². The zero-order chi connectivity index (χ0) is 23.8. The van der Waals surface area contributed by atoms with Gasteiger partial charge >= 0.3 is 0 Å². The number of ether oxygens (including phenoxy) is 2. The summed E-state index contributed by atoms with van der Waals surface area (Å²) in [5.41, 5.74) is 2.39. The van der Waals surface area contributed by atoms with Crippen molar-refractivity contribution in [3.8, 4) is 11.5 Å². The van der Waals surface area contributed by atoms with E-state index in [4.69, 9.17) is 9.47 Å². The molecule has 0 bridgehead atoms. The van der Waals surface area contributed by atoms with Gasteiger partial charge in [-0.3, -0.25) is 9.59 Å². The van der Waals surface area contributed by atoms with Crippen molar-refractivity contribution in [2.75, 3.05) is 13.2 Å². The topological polar surface area (TPSA) is 76.7 Å². The highest BCUT2D eigenvalue weighted by Crippen LogP contribution is 2.19. The number of hydrogen-bond donors (Lipinski definition) is 2. The number of rotatable bonds is 11. The van der Waals surface area contributed by atoms with E-state index in [1.165, 1.54) is 12.1 Å². The fraction of sp³-hybridized carbons (Fsp3) is 0.259. The third-order valence-corrected chi connectivity index (χ3v) is 5.35. The Kier molecular flexibility index (Phi) is 7.75. The number of carbonyl (C=O) groups is 2. The zero-order valence-electron chi connectivity index (χ0n) is 18.8. The molecule has 0 unspecified atom stereocenters. The lowest BCUT2D eigenvalue weighted by Gasteiger charge is -2.10. The smallest absolute Gasteiger partial charge is 0.258 e. The van der Waals surface area contributed by atoms with Crippen LogP contribution in [0, 0.1) is 5.82 Å². The van der Waals surface area contributed by atoms with Crippen LogP contribution in [0.2, 0.25) is 0 Å². The van der Waals surface area contributed by atoms with Gasteiger partial charge in [0.25, 0.3) is 11.8 Å². The molecule has 176 valence electrons. The Labute approximate surface area is 198 Å². The van der Waals surface area contributed by atoms with Gasteiger partial charge in [0.05, 0.1) is 0 Å². The average Bonchev–Trinajstić information content (AvgIpc) is 3.67. The van der Waals surface area contributed by atoms with Crippen LogP contribution >= 0.6 is 0 Å². The van der Waals surface area contributed by atoms with Gasteiger partial charge in [0.15, 0.2) is 6.61 Å². The van der Waals surface area contributed by atoms with Crippen LogP contribution in [0.3, 0.4) is 0 Å². The van der Waals surface area contributed by atoms with Gasteiger partial charge in [-0.1, -0.05) is 30.3 Å². The molecular formula is C27H27FN2O4. The second-order valence-corrected chi connectivity index (χ2v) is 8.22. The first-order valence-corrected chi connectivity index (χ1v) is 11.3. The Balaban J connectivity index is 1.19. The van der Waals surface area contributed by atoms with Gasteiger partial charge in [-0.05, 0) is 72.9 Å². The number of hydrogen-bond acceptors (Lipinski definition) is 4. The van der Waals surface area contributed by atoms with E-state index < -0.39 is 0 Å². The van der Waals surface area contributed by atoms with Crippen molar-refractivity contribution in [2.24, 2.45) is 0 Å². The van der Waals surface area contributed by atoms with Gasteiger partial charge in [0.2, 0.25) is 0 Å². The predicted octanol–water partition coefficient (Wildman–Crippen LogP) is 4.03. The predicted molar refractivity (Wildman–Crippen MR) is 126 cm³/mol. The summed E-state index contributed by atoms with van der Waals surface area (Å²) in [7, 11) is 0. The maximum Gasteiger partial charge on any atom is 0.258 e. The number of amides is 2. The summed E-state index contributed by atoms with van der Waals surface area (Å²) in [6.07, 6.45) is 2.76. The minimum Gasteiger partial charge on any atom is -0.489 e. The van der Waals surface area contributed by atoms with Crippen molar-refractivity contribution >= 4 is 11.8 Å². The second-order valence-electron chi connectivity index (χ2n) is 8.22. The molecule has 4 rings (SSSR count). The summed E-state index contributed by atoms with van der Waals surface area (Å²) in [6, 6.07) is 20.9. The highest BCUT2D eigenvalue weighted by Gasteiger charge is 2.23. The lowest BCUT2D eigenvalue weighted by atomic mass is 10.1. The average molecular weight is 463 g/mol. The third-order valence-electron chi connectivity index (χ3n) is 5.35. The molecule has 34 heavy (non-hydrogen) atoms. The zero-order valence-corrected chi connectivity index (χ0v) is 18.8. The molecule has 0 radical (unpaired) electrons. The Morgan fingerprint density at radius 3 is 2.35 bits per heavy atom. The minimum absolute atomic E-state index is 0.0125. The molecular weight excluding hydrogens is 435 g/mol. The van der Waals surface area contributed by atoms with Gasteiger partial charge in [-0.15, -0.1) is 0 Å². The summed E-state index contributed by atoms with van der Waals surface area (Å²) < 4.78 is 24.2. The molecule has 3 aromatic rings. The van der Waals surface area contributed by atoms with Gasteiger partial charge in [-0.2, -0.15) is 0 Å². The van der Waals surface area contributed by atoms with E-state index in [9.17, 15) is 14.0 Å². The standard InChI is InChI=1S/C27H27FN2O4/c28-22-8-4-20(5-9-22)17-33-25-3-1-2-21(16-25)27(32)29-15-14-19-6-12-24(13-7-19)34-18-26(31)30-23-10-11-23/h1-9,12-13,16,23H,10-11,14-15,17-18H2,(H,29,32)(H,30,31). The quantitative estimate of drug-likeness (QED) is 0.451. The molecule has 3 aromatic carbocycles.